The molecule has 2 heterocycles. The van der Waals surface area contributed by atoms with Crippen molar-refractivity contribution < 1.29 is 4.39 Å². The van der Waals surface area contributed by atoms with Crippen LogP contribution in [-0.2, 0) is 6.54 Å². The van der Waals surface area contributed by atoms with Crippen molar-refractivity contribution in [3.05, 3.63) is 64.3 Å². The van der Waals surface area contributed by atoms with Crippen LogP contribution >= 0.6 is 0 Å². The van der Waals surface area contributed by atoms with E-state index in [-0.39, 0.29) is 11.4 Å². The molecule has 1 fully saturated rings. The van der Waals surface area contributed by atoms with E-state index in [0.29, 0.717) is 23.8 Å². The summed E-state index contributed by atoms with van der Waals surface area (Å²) in [6.07, 6.45) is 4.00. The first-order valence-electron chi connectivity index (χ1n) is 7.71. The van der Waals surface area contributed by atoms with Gasteiger partial charge in [0.05, 0.1) is 0 Å². The molecule has 0 amide bonds. The van der Waals surface area contributed by atoms with Crippen molar-refractivity contribution in [1.29, 1.82) is 0 Å². The lowest BCUT2D eigenvalue weighted by Crippen LogP contribution is -2.15. The summed E-state index contributed by atoms with van der Waals surface area (Å²) in [7, 11) is 0. The van der Waals surface area contributed by atoms with Crippen molar-refractivity contribution in [3.63, 3.8) is 0 Å². The number of benzene rings is 1. The predicted molar refractivity (Wildman–Crippen MR) is 87.6 cm³/mol. The Morgan fingerprint density at radius 1 is 1.17 bits per heavy atom. The highest BCUT2D eigenvalue weighted by molar-refractivity contribution is 5.92. The van der Waals surface area contributed by atoms with Gasteiger partial charge in [0.2, 0.25) is 5.56 Å². The van der Waals surface area contributed by atoms with Gasteiger partial charge in [-0.25, -0.2) is 9.37 Å². The number of H-pyrrole nitrogens is 1. The van der Waals surface area contributed by atoms with Crippen molar-refractivity contribution in [2.45, 2.75) is 25.4 Å². The number of aromatic amines is 1. The number of nitrogens with one attached hydrogen (secondary N) is 2. The first-order chi connectivity index (χ1) is 11.2. The molecule has 3 aromatic rings. The monoisotopic (exact) mass is 309 g/mol. The highest BCUT2D eigenvalue weighted by Crippen LogP contribution is 2.29. The van der Waals surface area contributed by atoms with Gasteiger partial charge in [-0.2, -0.15) is 0 Å². The number of pyridine rings is 2. The quantitative estimate of drug-likeness (QED) is 0.779. The molecule has 0 atom stereocenters. The Hall–Kier alpha value is -2.53. The van der Waals surface area contributed by atoms with Gasteiger partial charge in [-0.3, -0.25) is 4.79 Å². The van der Waals surface area contributed by atoms with E-state index in [1.807, 2.05) is 6.07 Å². The molecular formula is C18H16FN3O. The first kappa shape index (κ1) is 14.1. The van der Waals surface area contributed by atoms with Gasteiger partial charge in [0, 0.05) is 35.8 Å². The maximum atomic E-state index is 14.6. The standard InChI is InChI=1S/C18H16FN3O/c19-16-9-11(10-21-12-2-3-12)1-4-14(16)13-7-8-20-18-15(13)5-6-17(23)22-18/h1,4-9,12,21H,2-3,10H2,(H,20,22,23). The van der Waals surface area contributed by atoms with Crippen LogP contribution in [0.3, 0.4) is 0 Å². The summed E-state index contributed by atoms with van der Waals surface area (Å²) in [6, 6.07) is 10.8. The summed E-state index contributed by atoms with van der Waals surface area (Å²) in [4.78, 5) is 18.2. The Labute approximate surface area is 132 Å². The molecule has 2 aromatic heterocycles. The van der Waals surface area contributed by atoms with Gasteiger partial charge < -0.3 is 10.3 Å². The highest BCUT2D eigenvalue weighted by atomic mass is 19.1. The van der Waals surface area contributed by atoms with E-state index in [0.717, 1.165) is 16.5 Å². The summed E-state index contributed by atoms with van der Waals surface area (Å²) < 4.78 is 14.6. The van der Waals surface area contributed by atoms with Crippen LogP contribution in [0.4, 0.5) is 4.39 Å². The van der Waals surface area contributed by atoms with Gasteiger partial charge >= 0.3 is 0 Å². The second kappa shape index (κ2) is 5.59. The van der Waals surface area contributed by atoms with Crippen LogP contribution in [0, 0.1) is 5.82 Å². The molecule has 1 aliphatic carbocycles. The molecular weight excluding hydrogens is 293 g/mol. The zero-order valence-electron chi connectivity index (χ0n) is 12.5. The van der Waals surface area contributed by atoms with Crippen molar-refractivity contribution >= 4 is 11.0 Å². The number of fused-ring (bicyclic) bond motifs is 1. The zero-order chi connectivity index (χ0) is 15.8. The Balaban J connectivity index is 1.73. The number of rotatable bonds is 4. The van der Waals surface area contributed by atoms with Crippen LogP contribution in [0.25, 0.3) is 22.2 Å². The van der Waals surface area contributed by atoms with Crippen molar-refractivity contribution in [3.8, 4) is 11.1 Å². The molecule has 0 saturated heterocycles. The lowest BCUT2D eigenvalue weighted by Gasteiger charge is -2.09. The summed E-state index contributed by atoms with van der Waals surface area (Å²) >= 11 is 0. The molecule has 1 saturated carbocycles. The minimum Gasteiger partial charge on any atom is -0.310 e. The molecule has 4 nitrogen and oxygen atoms in total. The number of aromatic nitrogens is 2. The van der Waals surface area contributed by atoms with E-state index < -0.39 is 0 Å². The topological polar surface area (TPSA) is 57.8 Å². The van der Waals surface area contributed by atoms with Crippen LogP contribution < -0.4 is 10.9 Å². The third-order valence-electron chi connectivity index (χ3n) is 4.13. The van der Waals surface area contributed by atoms with Gasteiger partial charge in [0.25, 0.3) is 0 Å². The number of nitrogens with zero attached hydrogens (tertiary/aromatic N) is 1. The normalized spacial score (nSPS) is 14.3. The maximum Gasteiger partial charge on any atom is 0.249 e. The second-order valence-electron chi connectivity index (χ2n) is 5.91. The molecule has 0 bridgehead atoms. The number of hydrogen-bond donors (Lipinski definition) is 2. The van der Waals surface area contributed by atoms with Crippen molar-refractivity contribution in [2.24, 2.45) is 0 Å². The minimum absolute atomic E-state index is 0.218. The fourth-order valence-corrected chi connectivity index (χ4v) is 2.73. The van der Waals surface area contributed by atoms with Crippen molar-refractivity contribution in [2.75, 3.05) is 0 Å². The Kier molecular flexibility index (Phi) is 3.42. The molecule has 0 aliphatic heterocycles. The van der Waals surface area contributed by atoms with Crippen molar-refractivity contribution in [1.82, 2.24) is 15.3 Å². The molecule has 116 valence electrons. The molecule has 2 N–H and O–H groups in total. The first-order valence-corrected chi connectivity index (χ1v) is 7.71. The largest absolute Gasteiger partial charge is 0.310 e. The molecule has 0 radical (unpaired) electrons. The Bertz CT molecular complexity index is 931. The third kappa shape index (κ3) is 2.87. The molecule has 23 heavy (non-hydrogen) atoms. The molecule has 1 aliphatic rings. The van der Waals surface area contributed by atoms with Crippen LogP contribution in [0.2, 0.25) is 0 Å². The fraction of sp³-hybridized carbons (Fsp3) is 0.222. The molecule has 5 heteroatoms. The van der Waals surface area contributed by atoms with E-state index in [4.69, 9.17) is 0 Å². The second-order valence-corrected chi connectivity index (χ2v) is 5.91. The Morgan fingerprint density at radius 2 is 2.04 bits per heavy atom. The van der Waals surface area contributed by atoms with Crippen LogP contribution in [-0.4, -0.2) is 16.0 Å². The summed E-state index contributed by atoms with van der Waals surface area (Å²) in [5, 5.41) is 4.11. The summed E-state index contributed by atoms with van der Waals surface area (Å²) in [6.45, 7) is 0.687. The maximum absolute atomic E-state index is 14.6. The molecule has 1 aromatic carbocycles. The molecule has 0 unspecified atom stereocenters. The fourth-order valence-electron chi connectivity index (χ4n) is 2.73. The predicted octanol–water partition coefficient (Wildman–Crippen LogP) is 2.98. The minimum atomic E-state index is -0.265. The van der Waals surface area contributed by atoms with E-state index >= 15 is 0 Å². The van der Waals surface area contributed by atoms with Crippen LogP contribution in [0.15, 0.2) is 47.4 Å². The lowest BCUT2D eigenvalue weighted by molar-refractivity contribution is 0.623. The van der Waals surface area contributed by atoms with E-state index in [2.05, 4.69) is 15.3 Å². The smallest absolute Gasteiger partial charge is 0.249 e. The van der Waals surface area contributed by atoms with Crippen LogP contribution in [0.5, 0.6) is 0 Å². The highest BCUT2D eigenvalue weighted by Gasteiger charge is 2.20. The number of halogens is 1. The molecule has 4 rings (SSSR count). The molecule has 0 spiro atoms. The van der Waals surface area contributed by atoms with Gasteiger partial charge in [-0.05, 0) is 42.2 Å². The van der Waals surface area contributed by atoms with E-state index in [1.165, 1.54) is 18.9 Å². The van der Waals surface area contributed by atoms with E-state index in [9.17, 15) is 9.18 Å². The average Bonchev–Trinajstić information content (AvgIpc) is 3.37. The number of hydrogen-bond acceptors (Lipinski definition) is 3. The Morgan fingerprint density at radius 3 is 2.83 bits per heavy atom. The zero-order valence-corrected chi connectivity index (χ0v) is 12.5. The SMILES string of the molecule is O=c1ccc2c(-c3ccc(CNC4CC4)cc3F)ccnc2[nH]1. The van der Waals surface area contributed by atoms with Gasteiger partial charge in [-0.1, -0.05) is 12.1 Å². The summed E-state index contributed by atoms with van der Waals surface area (Å²) in [5.74, 6) is -0.265. The van der Waals surface area contributed by atoms with Gasteiger partial charge in [-0.15, -0.1) is 0 Å². The van der Waals surface area contributed by atoms with Gasteiger partial charge in [0.1, 0.15) is 11.5 Å². The van der Waals surface area contributed by atoms with E-state index in [1.54, 1.807) is 30.5 Å². The average molecular weight is 309 g/mol. The van der Waals surface area contributed by atoms with Gasteiger partial charge in [0.15, 0.2) is 0 Å². The lowest BCUT2D eigenvalue weighted by atomic mass is 10.0. The summed E-state index contributed by atoms with van der Waals surface area (Å²) in [5.41, 5.74) is 2.42. The van der Waals surface area contributed by atoms with Crippen LogP contribution in [0.1, 0.15) is 18.4 Å². The third-order valence-corrected chi connectivity index (χ3v) is 4.13.